The molecule has 1 heterocycles. The second kappa shape index (κ2) is 4.34. The summed E-state index contributed by atoms with van der Waals surface area (Å²) in [7, 11) is 0. The third-order valence-corrected chi connectivity index (χ3v) is 3.22. The summed E-state index contributed by atoms with van der Waals surface area (Å²) in [5, 5.41) is 10.5. The first-order valence-corrected chi connectivity index (χ1v) is 5.77. The van der Waals surface area contributed by atoms with E-state index in [4.69, 9.17) is 0 Å². The molecule has 0 aliphatic carbocycles. The summed E-state index contributed by atoms with van der Waals surface area (Å²) >= 11 is 0. The zero-order valence-corrected chi connectivity index (χ0v) is 10.5. The molecule has 0 radical (unpaired) electrons. The van der Waals surface area contributed by atoms with E-state index in [1.807, 2.05) is 55.7 Å². The summed E-state index contributed by atoms with van der Waals surface area (Å²) in [5.41, 5.74) is 2.15. The average molecular weight is 230 g/mol. The Morgan fingerprint density at radius 2 is 1.88 bits per heavy atom. The summed E-state index contributed by atoms with van der Waals surface area (Å²) in [6, 6.07) is 9.72. The molecule has 1 N–H and O–H groups in total. The summed E-state index contributed by atoms with van der Waals surface area (Å²) in [4.78, 5) is 4.25. The third-order valence-electron chi connectivity index (χ3n) is 3.22. The van der Waals surface area contributed by atoms with Gasteiger partial charge in [0.2, 0.25) is 0 Å². The van der Waals surface area contributed by atoms with Crippen LogP contribution in [0.25, 0.3) is 0 Å². The molecule has 90 valence electrons. The molecule has 0 aliphatic rings. The molecule has 2 rings (SSSR count). The van der Waals surface area contributed by atoms with Gasteiger partial charge in [0.1, 0.15) is 5.60 Å². The fourth-order valence-corrected chi connectivity index (χ4v) is 1.92. The van der Waals surface area contributed by atoms with Gasteiger partial charge < -0.3 is 9.67 Å². The fraction of sp³-hybridized carbons (Fsp3) is 0.357. The molecular formula is C14H18N2O. The van der Waals surface area contributed by atoms with E-state index in [0.29, 0.717) is 6.54 Å². The minimum Gasteiger partial charge on any atom is -0.384 e. The topological polar surface area (TPSA) is 38.0 Å². The first-order chi connectivity index (χ1) is 8.00. The molecule has 0 spiro atoms. The Morgan fingerprint density at radius 3 is 2.41 bits per heavy atom. The number of aliphatic hydroxyl groups is 1. The predicted molar refractivity (Wildman–Crippen MR) is 67.7 cm³/mol. The lowest BCUT2D eigenvalue weighted by Gasteiger charge is -2.25. The van der Waals surface area contributed by atoms with Crippen molar-refractivity contribution in [2.24, 2.45) is 0 Å². The van der Waals surface area contributed by atoms with Gasteiger partial charge in [-0.05, 0) is 26.3 Å². The molecule has 0 fully saturated rings. The number of hydrogen-bond donors (Lipinski definition) is 1. The van der Waals surface area contributed by atoms with Crippen molar-refractivity contribution in [3.05, 3.63) is 53.6 Å². The summed E-state index contributed by atoms with van der Waals surface area (Å²) in [6.45, 7) is 6.34. The molecule has 0 bridgehead atoms. The smallest absolute Gasteiger partial charge is 0.105 e. The first-order valence-electron chi connectivity index (χ1n) is 5.77. The Hall–Kier alpha value is -1.61. The molecule has 0 amide bonds. The van der Waals surface area contributed by atoms with Gasteiger partial charge >= 0.3 is 0 Å². The van der Waals surface area contributed by atoms with Gasteiger partial charge in [-0.2, -0.15) is 0 Å². The summed E-state index contributed by atoms with van der Waals surface area (Å²) in [6.07, 6.45) is 1.78. The van der Waals surface area contributed by atoms with E-state index in [1.54, 1.807) is 6.33 Å². The summed E-state index contributed by atoms with van der Waals surface area (Å²) in [5.74, 6) is 0. The van der Waals surface area contributed by atoms with Crippen molar-refractivity contribution < 1.29 is 5.11 Å². The Morgan fingerprint density at radius 1 is 1.24 bits per heavy atom. The Labute approximate surface area is 102 Å². The van der Waals surface area contributed by atoms with Crippen LogP contribution in [0.1, 0.15) is 23.9 Å². The molecule has 0 aliphatic heterocycles. The standard InChI is InChI=1S/C14H18N2O/c1-11-12(2)16(10-15-11)9-14(3,17)13-7-5-4-6-8-13/h4-8,10,17H,9H2,1-3H3. The second-order valence-electron chi connectivity index (χ2n) is 4.68. The molecule has 0 saturated heterocycles. The Balaban J connectivity index is 2.26. The SMILES string of the molecule is Cc1ncn(CC(C)(O)c2ccccc2)c1C. The Kier molecular flexibility index (Phi) is 3.03. The van der Waals surface area contributed by atoms with Crippen LogP contribution in [-0.4, -0.2) is 14.7 Å². The van der Waals surface area contributed by atoms with E-state index in [-0.39, 0.29) is 0 Å². The quantitative estimate of drug-likeness (QED) is 0.879. The normalized spacial score (nSPS) is 14.6. The van der Waals surface area contributed by atoms with E-state index in [2.05, 4.69) is 4.98 Å². The van der Waals surface area contributed by atoms with Gasteiger partial charge in [-0.1, -0.05) is 30.3 Å². The van der Waals surface area contributed by atoms with Crippen molar-refractivity contribution in [1.82, 2.24) is 9.55 Å². The largest absolute Gasteiger partial charge is 0.384 e. The lowest BCUT2D eigenvalue weighted by molar-refractivity contribution is 0.0377. The molecule has 3 heteroatoms. The molecule has 1 atom stereocenters. The highest BCUT2D eigenvalue weighted by Gasteiger charge is 2.24. The van der Waals surface area contributed by atoms with Crippen molar-refractivity contribution in [1.29, 1.82) is 0 Å². The lowest BCUT2D eigenvalue weighted by atomic mass is 9.96. The molecule has 1 aromatic heterocycles. The highest BCUT2D eigenvalue weighted by molar-refractivity contribution is 5.22. The zero-order valence-electron chi connectivity index (χ0n) is 10.5. The maximum Gasteiger partial charge on any atom is 0.105 e. The molecule has 2 aromatic rings. The average Bonchev–Trinajstić information content (AvgIpc) is 2.62. The third kappa shape index (κ3) is 2.39. The van der Waals surface area contributed by atoms with Crippen LogP contribution in [0.4, 0.5) is 0 Å². The van der Waals surface area contributed by atoms with Crippen molar-refractivity contribution in [3.8, 4) is 0 Å². The van der Waals surface area contributed by atoms with E-state index < -0.39 is 5.60 Å². The first kappa shape index (κ1) is 11.9. The van der Waals surface area contributed by atoms with Gasteiger partial charge in [-0.3, -0.25) is 0 Å². The minimum absolute atomic E-state index is 0.518. The van der Waals surface area contributed by atoms with Crippen LogP contribution in [0.3, 0.4) is 0 Å². The lowest BCUT2D eigenvalue weighted by Crippen LogP contribution is -2.27. The van der Waals surface area contributed by atoms with Crippen LogP contribution in [-0.2, 0) is 12.1 Å². The molecular weight excluding hydrogens is 212 g/mol. The van der Waals surface area contributed by atoms with E-state index in [1.165, 1.54) is 0 Å². The van der Waals surface area contributed by atoms with E-state index in [0.717, 1.165) is 17.0 Å². The second-order valence-corrected chi connectivity index (χ2v) is 4.68. The predicted octanol–water partition coefficient (Wildman–Crippen LogP) is 2.41. The number of benzene rings is 1. The fourth-order valence-electron chi connectivity index (χ4n) is 1.92. The van der Waals surface area contributed by atoms with E-state index >= 15 is 0 Å². The van der Waals surface area contributed by atoms with Crippen LogP contribution in [0.2, 0.25) is 0 Å². The molecule has 3 nitrogen and oxygen atoms in total. The van der Waals surface area contributed by atoms with Crippen molar-refractivity contribution in [2.45, 2.75) is 32.9 Å². The van der Waals surface area contributed by atoms with Crippen LogP contribution in [0.15, 0.2) is 36.7 Å². The van der Waals surface area contributed by atoms with Crippen LogP contribution in [0, 0.1) is 13.8 Å². The maximum atomic E-state index is 10.5. The Bertz CT molecular complexity index is 500. The van der Waals surface area contributed by atoms with Gasteiger partial charge in [0.25, 0.3) is 0 Å². The van der Waals surface area contributed by atoms with Crippen LogP contribution < -0.4 is 0 Å². The number of rotatable bonds is 3. The van der Waals surface area contributed by atoms with Crippen molar-refractivity contribution in [3.63, 3.8) is 0 Å². The monoisotopic (exact) mass is 230 g/mol. The number of nitrogens with zero attached hydrogens (tertiary/aromatic N) is 2. The summed E-state index contributed by atoms with van der Waals surface area (Å²) < 4.78 is 1.99. The van der Waals surface area contributed by atoms with Gasteiger partial charge in [-0.25, -0.2) is 4.98 Å². The van der Waals surface area contributed by atoms with Gasteiger partial charge in [0.05, 0.1) is 18.6 Å². The van der Waals surface area contributed by atoms with Gasteiger partial charge in [0.15, 0.2) is 0 Å². The highest BCUT2D eigenvalue weighted by Crippen LogP contribution is 2.23. The van der Waals surface area contributed by atoms with E-state index in [9.17, 15) is 5.11 Å². The molecule has 0 saturated carbocycles. The van der Waals surface area contributed by atoms with Gasteiger partial charge in [-0.15, -0.1) is 0 Å². The number of aromatic nitrogens is 2. The van der Waals surface area contributed by atoms with Crippen LogP contribution >= 0.6 is 0 Å². The minimum atomic E-state index is -0.876. The molecule has 1 aromatic carbocycles. The van der Waals surface area contributed by atoms with Crippen molar-refractivity contribution in [2.75, 3.05) is 0 Å². The molecule has 1 unspecified atom stereocenters. The zero-order chi connectivity index (χ0) is 12.5. The number of imidazole rings is 1. The van der Waals surface area contributed by atoms with Gasteiger partial charge in [0, 0.05) is 5.69 Å². The maximum absolute atomic E-state index is 10.5. The molecule has 17 heavy (non-hydrogen) atoms. The van der Waals surface area contributed by atoms with Crippen LogP contribution in [0.5, 0.6) is 0 Å². The van der Waals surface area contributed by atoms with Crippen molar-refractivity contribution >= 4 is 0 Å². The number of aryl methyl sites for hydroxylation is 1. The highest BCUT2D eigenvalue weighted by atomic mass is 16.3. The number of hydrogen-bond acceptors (Lipinski definition) is 2.